The fourth-order valence-corrected chi connectivity index (χ4v) is 3.64. The van der Waals surface area contributed by atoms with Crippen molar-refractivity contribution in [2.24, 2.45) is 0 Å². The number of hydrogen-bond acceptors (Lipinski definition) is 6. The molecule has 0 spiro atoms. The third-order valence-electron chi connectivity index (χ3n) is 3.50. The fourth-order valence-electron chi connectivity index (χ4n) is 2.14. The third-order valence-corrected chi connectivity index (χ3v) is 5.61. The normalized spacial score (nSPS) is 12.6. The van der Waals surface area contributed by atoms with Crippen LogP contribution < -0.4 is 29.6 Å². The predicted octanol–water partition coefficient (Wildman–Crippen LogP) is 0.301. The maximum atomic E-state index is 12.4. The van der Waals surface area contributed by atoms with Crippen molar-refractivity contribution in [1.29, 1.82) is 0 Å². The van der Waals surface area contributed by atoms with Gasteiger partial charge in [-0.05, 0) is 37.1 Å². The molecule has 0 aliphatic heterocycles. The van der Waals surface area contributed by atoms with Gasteiger partial charge in [0.05, 0.1) is 27.2 Å². The topological polar surface area (TPSA) is 101 Å². The molecule has 150 valence electrons. The molecule has 0 aromatic heterocycles. The Balaban J connectivity index is 0.00000676. The molecule has 0 bridgehead atoms. The van der Waals surface area contributed by atoms with Crippen LogP contribution in [0.4, 0.5) is 13.2 Å². The molecule has 0 fully saturated rings. The molecule has 27 heavy (non-hydrogen) atoms. The average Bonchev–Trinajstić information content (AvgIpc) is 2.51. The first-order chi connectivity index (χ1) is 11.9. The molecule has 0 heterocycles. The van der Waals surface area contributed by atoms with Crippen LogP contribution in [0.5, 0.6) is 0 Å². The van der Waals surface area contributed by atoms with Gasteiger partial charge in [-0.3, -0.25) is 4.18 Å². The van der Waals surface area contributed by atoms with Gasteiger partial charge >= 0.3 is 35.7 Å². The summed E-state index contributed by atoms with van der Waals surface area (Å²) in [6.07, 6.45) is -1.14. The van der Waals surface area contributed by atoms with Crippen LogP contribution in [0, 0.1) is 0 Å². The minimum absolute atomic E-state index is 0. The van der Waals surface area contributed by atoms with Gasteiger partial charge in [0.15, 0.2) is 0 Å². The summed E-state index contributed by atoms with van der Waals surface area (Å²) >= 11 is 0. The van der Waals surface area contributed by atoms with Gasteiger partial charge in [0.25, 0.3) is 10.1 Å². The van der Waals surface area contributed by atoms with Gasteiger partial charge in [0.2, 0.25) is 0 Å². The molecule has 0 saturated carbocycles. The van der Waals surface area contributed by atoms with Crippen molar-refractivity contribution in [1.82, 2.24) is 0 Å². The number of rotatable bonds is 11. The minimum atomic E-state index is -4.54. The summed E-state index contributed by atoms with van der Waals surface area (Å²) in [7, 11) is -8.29. The van der Waals surface area contributed by atoms with Gasteiger partial charge in [0, 0.05) is 5.75 Å². The van der Waals surface area contributed by atoms with Gasteiger partial charge in [-0.25, -0.2) is 8.42 Å². The second-order valence-corrected chi connectivity index (χ2v) is 8.82. The standard InChI is InChI=1S/C15H21F3O6S2.Na/c16-15(17,18)13-7-9-14(10-8-13)26(22,23)24-11-5-3-1-2-4-6-12-25(19,20)21;/h7-10H,1-6,11-12H2,(H,19,20,21);/q;+1/p-1. The summed E-state index contributed by atoms with van der Waals surface area (Å²) < 4.78 is 97.1. The van der Waals surface area contributed by atoms with Crippen LogP contribution >= 0.6 is 0 Å². The SMILES string of the molecule is O=S(=O)([O-])CCCCCCCCOS(=O)(=O)c1ccc(C(F)(F)F)cc1.[Na+]. The number of hydrogen-bond donors (Lipinski definition) is 0. The molecule has 1 rings (SSSR count). The maximum absolute atomic E-state index is 12.4. The predicted molar refractivity (Wildman–Crippen MR) is 86.8 cm³/mol. The van der Waals surface area contributed by atoms with Crippen LogP contribution in [-0.4, -0.2) is 33.7 Å². The molecular weight excluding hydrogens is 420 g/mol. The second-order valence-electron chi connectivity index (χ2n) is 5.68. The Hall–Kier alpha value is -0.170. The molecule has 0 aliphatic rings. The summed E-state index contributed by atoms with van der Waals surface area (Å²) in [6.45, 7) is -0.0989. The first-order valence-electron chi connectivity index (χ1n) is 7.92. The van der Waals surface area contributed by atoms with E-state index in [1.807, 2.05) is 0 Å². The van der Waals surface area contributed by atoms with Gasteiger partial charge in [-0.2, -0.15) is 21.6 Å². The number of benzene rings is 1. The van der Waals surface area contributed by atoms with Crippen LogP contribution in [-0.2, 0) is 30.6 Å². The van der Waals surface area contributed by atoms with Crippen molar-refractivity contribution in [3.63, 3.8) is 0 Å². The molecule has 0 unspecified atom stereocenters. The Morgan fingerprint density at radius 3 is 1.81 bits per heavy atom. The molecule has 0 aliphatic carbocycles. The molecule has 0 radical (unpaired) electrons. The van der Waals surface area contributed by atoms with E-state index in [9.17, 15) is 34.6 Å². The van der Waals surface area contributed by atoms with Gasteiger partial charge in [-0.15, -0.1) is 0 Å². The van der Waals surface area contributed by atoms with Crippen LogP contribution in [0.15, 0.2) is 29.2 Å². The van der Waals surface area contributed by atoms with E-state index in [1.54, 1.807) is 0 Å². The zero-order valence-corrected chi connectivity index (χ0v) is 18.5. The van der Waals surface area contributed by atoms with E-state index in [0.29, 0.717) is 44.2 Å². The Kier molecular flexibility index (Phi) is 11.7. The molecule has 6 nitrogen and oxygen atoms in total. The molecule has 0 amide bonds. The molecule has 1 aromatic rings. The van der Waals surface area contributed by atoms with E-state index in [1.165, 1.54) is 0 Å². The zero-order chi connectivity index (χ0) is 19.8. The molecule has 1 aromatic carbocycles. The summed E-state index contributed by atoms with van der Waals surface area (Å²) in [5.74, 6) is -0.387. The molecular formula is C15H20F3NaO6S2. The van der Waals surface area contributed by atoms with Crippen molar-refractivity contribution < 1.29 is 68.3 Å². The Morgan fingerprint density at radius 1 is 0.852 bits per heavy atom. The first kappa shape index (κ1) is 26.8. The molecule has 0 N–H and O–H groups in total. The van der Waals surface area contributed by atoms with E-state index in [2.05, 4.69) is 0 Å². The smallest absolute Gasteiger partial charge is 0.748 e. The van der Waals surface area contributed by atoms with E-state index in [4.69, 9.17) is 4.18 Å². The van der Waals surface area contributed by atoms with Crippen LogP contribution in [0.2, 0.25) is 0 Å². The fraction of sp³-hybridized carbons (Fsp3) is 0.600. The summed E-state index contributed by atoms with van der Waals surface area (Å²) in [6, 6.07) is 3.06. The van der Waals surface area contributed by atoms with Crippen LogP contribution in [0.1, 0.15) is 44.1 Å². The minimum Gasteiger partial charge on any atom is -0.748 e. The van der Waals surface area contributed by atoms with Gasteiger partial charge < -0.3 is 4.55 Å². The summed E-state index contributed by atoms with van der Waals surface area (Å²) in [5, 5.41) is 0. The van der Waals surface area contributed by atoms with E-state index >= 15 is 0 Å². The van der Waals surface area contributed by atoms with Crippen molar-refractivity contribution in [2.45, 2.75) is 49.6 Å². The molecule has 12 heteroatoms. The number of unbranched alkanes of at least 4 members (excludes halogenated alkanes) is 5. The van der Waals surface area contributed by atoms with Crippen molar-refractivity contribution in [2.75, 3.05) is 12.4 Å². The summed E-state index contributed by atoms with van der Waals surface area (Å²) in [4.78, 5) is -0.343. The maximum Gasteiger partial charge on any atom is 1.00 e. The monoisotopic (exact) mass is 440 g/mol. The number of halogens is 3. The average molecular weight is 440 g/mol. The first-order valence-corrected chi connectivity index (χ1v) is 10.9. The Morgan fingerprint density at radius 2 is 1.33 bits per heavy atom. The van der Waals surface area contributed by atoms with E-state index in [-0.39, 0.29) is 46.8 Å². The van der Waals surface area contributed by atoms with Gasteiger partial charge in [-0.1, -0.05) is 25.7 Å². The third kappa shape index (κ3) is 11.4. The second kappa shape index (κ2) is 11.7. The number of alkyl halides is 3. The quantitative estimate of drug-likeness (QED) is 0.212. The van der Waals surface area contributed by atoms with E-state index < -0.39 is 32.0 Å². The summed E-state index contributed by atoms with van der Waals surface area (Å²) in [5.41, 5.74) is -0.943. The zero-order valence-electron chi connectivity index (χ0n) is 14.9. The molecule has 0 saturated heterocycles. The van der Waals surface area contributed by atoms with Crippen molar-refractivity contribution >= 4 is 20.2 Å². The van der Waals surface area contributed by atoms with Crippen molar-refractivity contribution in [3.05, 3.63) is 29.8 Å². The Bertz CT molecular complexity index is 762. The van der Waals surface area contributed by atoms with Crippen LogP contribution in [0.3, 0.4) is 0 Å². The van der Waals surface area contributed by atoms with Gasteiger partial charge in [0.1, 0.15) is 0 Å². The largest absolute Gasteiger partial charge is 1.00 e. The van der Waals surface area contributed by atoms with Crippen molar-refractivity contribution in [3.8, 4) is 0 Å². The molecule has 0 atom stereocenters. The van der Waals surface area contributed by atoms with E-state index in [0.717, 1.165) is 18.6 Å². The Labute approximate surface area is 179 Å². The van der Waals surface area contributed by atoms with Crippen LogP contribution in [0.25, 0.3) is 0 Å².